The topological polar surface area (TPSA) is 85.2 Å². The summed E-state index contributed by atoms with van der Waals surface area (Å²) in [6, 6.07) is 16.9. The Kier molecular flexibility index (Phi) is 5.52. The van der Waals surface area contributed by atoms with Crippen LogP contribution in [0.1, 0.15) is 16.1 Å². The van der Waals surface area contributed by atoms with Crippen molar-refractivity contribution in [2.75, 3.05) is 13.1 Å². The quantitative estimate of drug-likeness (QED) is 0.497. The smallest absolute Gasteiger partial charge is 0.255 e. The summed E-state index contributed by atoms with van der Waals surface area (Å²) in [5.74, 6) is 0.411. The zero-order valence-electron chi connectivity index (χ0n) is 13.9. The molecule has 0 radical (unpaired) electrons. The second kappa shape index (κ2) is 8.19. The molecule has 2 aromatic heterocycles. The summed E-state index contributed by atoms with van der Waals surface area (Å²) in [4.78, 5) is 19.1. The fourth-order valence-corrected chi connectivity index (χ4v) is 3.24. The predicted molar refractivity (Wildman–Crippen MR) is 98.3 cm³/mol. The monoisotopic (exact) mass is 361 g/mol. The third kappa shape index (κ3) is 4.02. The van der Waals surface area contributed by atoms with E-state index in [9.17, 15) is 4.79 Å². The van der Waals surface area contributed by atoms with Crippen LogP contribution in [0.15, 0.2) is 59.8 Å². The largest absolute Gasteiger partial charge is 0.312 e. The minimum Gasteiger partial charge on any atom is -0.312 e. The molecule has 0 bridgehead atoms. The van der Waals surface area contributed by atoms with E-state index in [0.717, 1.165) is 22.0 Å². The first kappa shape index (κ1) is 17.5. The van der Waals surface area contributed by atoms with Crippen molar-refractivity contribution in [3.8, 4) is 12.1 Å². The molecule has 1 amide bonds. The van der Waals surface area contributed by atoms with Gasteiger partial charge in [-0.05, 0) is 36.4 Å². The number of pyridine rings is 1. The third-order valence-corrected chi connectivity index (χ3v) is 4.76. The van der Waals surface area contributed by atoms with Gasteiger partial charge < -0.3 is 9.30 Å². The maximum atomic E-state index is 12.3. The van der Waals surface area contributed by atoms with E-state index in [-0.39, 0.29) is 19.0 Å². The van der Waals surface area contributed by atoms with Crippen molar-refractivity contribution in [2.24, 2.45) is 0 Å². The maximum absolute atomic E-state index is 12.3. The third-order valence-electron chi connectivity index (χ3n) is 3.71. The number of imidazole rings is 1. The number of carbonyl (C=O) groups excluding carboxylic acids is 1. The summed E-state index contributed by atoms with van der Waals surface area (Å²) in [5.41, 5.74) is 2.36. The highest BCUT2D eigenvalue weighted by Gasteiger charge is 2.15. The van der Waals surface area contributed by atoms with Crippen LogP contribution in [0.4, 0.5) is 0 Å². The second-order valence-electron chi connectivity index (χ2n) is 5.49. The van der Waals surface area contributed by atoms with Crippen LogP contribution in [0.3, 0.4) is 0 Å². The van der Waals surface area contributed by atoms with Crippen LogP contribution in [-0.2, 0) is 5.75 Å². The molecule has 3 rings (SSSR count). The summed E-state index contributed by atoms with van der Waals surface area (Å²) in [7, 11) is 0. The zero-order chi connectivity index (χ0) is 18.4. The van der Waals surface area contributed by atoms with Crippen molar-refractivity contribution < 1.29 is 4.79 Å². The molecule has 6 nitrogen and oxygen atoms in total. The minimum atomic E-state index is -0.315. The molecule has 0 saturated carbocycles. The molecule has 0 aliphatic heterocycles. The van der Waals surface area contributed by atoms with Gasteiger partial charge in [0.15, 0.2) is 0 Å². The molecule has 0 saturated heterocycles. The molecule has 0 atom stereocenters. The van der Waals surface area contributed by atoms with Gasteiger partial charge in [-0.3, -0.25) is 4.79 Å². The first-order valence-corrected chi connectivity index (χ1v) is 8.88. The van der Waals surface area contributed by atoms with E-state index in [1.165, 1.54) is 4.90 Å². The molecule has 2 heterocycles. The van der Waals surface area contributed by atoms with Gasteiger partial charge in [0.25, 0.3) is 5.91 Å². The van der Waals surface area contributed by atoms with Crippen molar-refractivity contribution in [3.05, 3.63) is 66.1 Å². The number of hydrogen-bond donors (Lipinski definition) is 0. The van der Waals surface area contributed by atoms with Gasteiger partial charge in [0.1, 0.15) is 18.7 Å². The van der Waals surface area contributed by atoms with Gasteiger partial charge in [-0.2, -0.15) is 10.5 Å². The van der Waals surface area contributed by atoms with E-state index in [1.807, 2.05) is 59.3 Å². The van der Waals surface area contributed by atoms with E-state index in [2.05, 4.69) is 4.98 Å². The number of nitriles is 2. The average Bonchev–Trinajstić information content (AvgIpc) is 3.09. The van der Waals surface area contributed by atoms with Crippen LogP contribution in [0.25, 0.3) is 5.65 Å². The number of rotatable bonds is 6. The molecule has 7 heteroatoms. The molecule has 26 heavy (non-hydrogen) atoms. The van der Waals surface area contributed by atoms with Crippen molar-refractivity contribution in [1.82, 2.24) is 14.3 Å². The van der Waals surface area contributed by atoms with E-state index in [1.54, 1.807) is 23.9 Å². The second-order valence-corrected chi connectivity index (χ2v) is 6.54. The van der Waals surface area contributed by atoms with Crippen LogP contribution in [0.2, 0.25) is 0 Å². The number of amides is 1. The molecule has 128 valence electrons. The molecule has 0 unspecified atom stereocenters. The first-order valence-electron chi connectivity index (χ1n) is 7.90. The van der Waals surface area contributed by atoms with Gasteiger partial charge >= 0.3 is 0 Å². The van der Waals surface area contributed by atoms with Gasteiger partial charge in [0.05, 0.1) is 17.8 Å². The Hall–Kier alpha value is -3.29. The van der Waals surface area contributed by atoms with Crippen LogP contribution >= 0.6 is 11.8 Å². The van der Waals surface area contributed by atoms with E-state index < -0.39 is 0 Å². The standard InChI is InChI=1S/C19H15N5OS/c20-8-11-23(12-9-21)19(25)15-4-6-17(7-5-15)26-14-16-13-24-10-2-1-3-18(24)22-16/h1-7,10,13H,11-12,14H2. The van der Waals surface area contributed by atoms with Gasteiger partial charge in [-0.15, -0.1) is 11.8 Å². The number of thioether (sulfide) groups is 1. The van der Waals surface area contributed by atoms with Crippen LogP contribution in [-0.4, -0.2) is 33.3 Å². The number of nitrogens with zero attached hydrogens (tertiary/aromatic N) is 5. The molecule has 3 aromatic rings. The highest BCUT2D eigenvalue weighted by molar-refractivity contribution is 7.98. The lowest BCUT2D eigenvalue weighted by molar-refractivity contribution is 0.0794. The van der Waals surface area contributed by atoms with Gasteiger partial charge in [0, 0.05) is 28.6 Å². The average molecular weight is 361 g/mol. The number of hydrogen-bond acceptors (Lipinski definition) is 5. The molecular formula is C19H15N5OS. The van der Waals surface area contributed by atoms with E-state index in [4.69, 9.17) is 10.5 Å². The van der Waals surface area contributed by atoms with Crippen molar-refractivity contribution >= 4 is 23.3 Å². The lowest BCUT2D eigenvalue weighted by Crippen LogP contribution is -2.31. The zero-order valence-corrected chi connectivity index (χ0v) is 14.7. The van der Waals surface area contributed by atoms with Crippen LogP contribution < -0.4 is 0 Å². The Morgan fingerprint density at radius 2 is 1.85 bits per heavy atom. The Bertz CT molecular complexity index is 948. The number of benzene rings is 1. The Morgan fingerprint density at radius 3 is 2.50 bits per heavy atom. The van der Waals surface area contributed by atoms with Gasteiger partial charge in [-0.1, -0.05) is 6.07 Å². The van der Waals surface area contributed by atoms with Gasteiger partial charge in [-0.25, -0.2) is 4.98 Å². The Morgan fingerprint density at radius 1 is 1.12 bits per heavy atom. The Balaban J connectivity index is 1.64. The maximum Gasteiger partial charge on any atom is 0.255 e. The summed E-state index contributed by atoms with van der Waals surface area (Å²) >= 11 is 1.63. The van der Waals surface area contributed by atoms with Crippen molar-refractivity contribution in [2.45, 2.75) is 10.6 Å². The number of fused-ring (bicyclic) bond motifs is 1. The lowest BCUT2D eigenvalue weighted by Gasteiger charge is -2.15. The Labute approximate surface area is 155 Å². The fourth-order valence-electron chi connectivity index (χ4n) is 2.46. The summed E-state index contributed by atoms with van der Waals surface area (Å²) < 4.78 is 1.98. The molecule has 1 aromatic carbocycles. The summed E-state index contributed by atoms with van der Waals surface area (Å²) in [5, 5.41) is 17.5. The number of aromatic nitrogens is 2. The summed E-state index contributed by atoms with van der Waals surface area (Å²) in [6.07, 6.45) is 3.97. The first-order chi connectivity index (χ1) is 12.7. The minimum absolute atomic E-state index is 0.100. The molecular weight excluding hydrogens is 346 g/mol. The fraction of sp³-hybridized carbons (Fsp3) is 0.158. The van der Waals surface area contributed by atoms with Crippen molar-refractivity contribution in [3.63, 3.8) is 0 Å². The van der Waals surface area contributed by atoms with Crippen molar-refractivity contribution in [1.29, 1.82) is 10.5 Å². The molecule has 0 fully saturated rings. The van der Waals surface area contributed by atoms with Gasteiger partial charge in [0.2, 0.25) is 0 Å². The molecule has 0 spiro atoms. The number of carbonyl (C=O) groups is 1. The SMILES string of the molecule is N#CCN(CC#N)C(=O)c1ccc(SCc2cn3ccccc3n2)cc1. The van der Waals surface area contributed by atoms with E-state index >= 15 is 0 Å². The summed E-state index contributed by atoms with van der Waals surface area (Å²) in [6.45, 7) is -0.201. The molecule has 0 aliphatic rings. The highest BCUT2D eigenvalue weighted by Crippen LogP contribution is 2.23. The molecule has 0 N–H and O–H groups in total. The highest BCUT2D eigenvalue weighted by atomic mass is 32.2. The van der Waals surface area contributed by atoms with Crippen LogP contribution in [0, 0.1) is 22.7 Å². The lowest BCUT2D eigenvalue weighted by atomic mass is 10.2. The van der Waals surface area contributed by atoms with Crippen LogP contribution in [0.5, 0.6) is 0 Å². The normalized spacial score (nSPS) is 10.2. The predicted octanol–water partition coefficient (Wildman–Crippen LogP) is 3.12. The molecule has 0 aliphatic carbocycles. The van der Waals surface area contributed by atoms with E-state index in [0.29, 0.717) is 5.56 Å².